The molecular weight excluding hydrogens is 326 g/mol. The third kappa shape index (κ3) is 6.84. The topological polar surface area (TPSA) is 12.5 Å². The molecule has 1 fully saturated rings. The Labute approximate surface area is 138 Å². The summed E-state index contributed by atoms with van der Waals surface area (Å²) >= 11 is 3.46. The van der Waals surface area contributed by atoms with Gasteiger partial charge in [-0.25, -0.2) is 0 Å². The molecule has 2 rings (SSSR count). The molecule has 1 aliphatic rings. The fourth-order valence-corrected chi connectivity index (χ4v) is 3.20. The summed E-state index contributed by atoms with van der Waals surface area (Å²) in [5.74, 6) is 1.01. The molecule has 0 aliphatic carbocycles. The van der Waals surface area contributed by atoms with E-state index in [1.54, 1.807) is 0 Å². The third-order valence-electron chi connectivity index (χ3n) is 4.07. The smallest absolute Gasteiger partial charge is 0.119 e. The molecule has 1 saturated heterocycles. The van der Waals surface area contributed by atoms with Crippen LogP contribution in [0.25, 0.3) is 0 Å². The SMILES string of the molecule is BrCCCCCCOc1ccc(CN2CCCCC2)cc1. The highest BCUT2D eigenvalue weighted by atomic mass is 79.9. The fraction of sp³-hybridized carbons (Fsp3) is 0.667. The van der Waals surface area contributed by atoms with Gasteiger partial charge in [0, 0.05) is 11.9 Å². The molecular formula is C18H28BrNO. The van der Waals surface area contributed by atoms with Crippen molar-refractivity contribution in [2.75, 3.05) is 25.0 Å². The van der Waals surface area contributed by atoms with E-state index in [-0.39, 0.29) is 0 Å². The number of hydrogen-bond acceptors (Lipinski definition) is 2. The summed E-state index contributed by atoms with van der Waals surface area (Å²) in [5, 5.41) is 1.12. The number of halogens is 1. The Hall–Kier alpha value is -0.540. The second-order valence-electron chi connectivity index (χ2n) is 5.93. The van der Waals surface area contributed by atoms with Gasteiger partial charge in [-0.2, -0.15) is 0 Å². The summed E-state index contributed by atoms with van der Waals surface area (Å²) in [5.41, 5.74) is 1.40. The second kappa shape index (κ2) is 10.2. The highest BCUT2D eigenvalue weighted by Gasteiger charge is 2.10. The Balaban J connectivity index is 1.64. The molecule has 1 heterocycles. The first kappa shape index (κ1) is 16.8. The molecule has 2 nitrogen and oxygen atoms in total. The van der Waals surface area contributed by atoms with Gasteiger partial charge in [0.15, 0.2) is 0 Å². The first-order valence-corrected chi connectivity index (χ1v) is 9.51. The Kier molecular flexibility index (Phi) is 8.20. The van der Waals surface area contributed by atoms with E-state index >= 15 is 0 Å². The first-order valence-electron chi connectivity index (χ1n) is 8.38. The molecule has 0 amide bonds. The molecule has 0 N–H and O–H groups in total. The van der Waals surface area contributed by atoms with E-state index in [9.17, 15) is 0 Å². The number of ether oxygens (including phenoxy) is 1. The normalized spacial score (nSPS) is 16.0. The molecule has 0 spiro atoms. The lowest BCUT2D eigenvalue weighted by Crippen LogP contribution is -2.28. The highest BCUT2D eigenvalue weighted by Crippen LogP contribution is 2.17. The van der Waals surface area contributed by atoms with Crippen molar-refractivity contribution < 1.29 is 4.74 Å². The van der Waals surface area contributed by atoms with Gasteiger partial charge < -0.3 is 4.74 Å². The van der Waals surface area contributed by atoms with Gasteiger partial charge in [-0.3, -0.25) is 4.90 Å². The van der Waals surface area contributed by atoms with Crippen LogP contribution in [-0.4, -0.2) is 29.9 Å². The van der Waals surface area contributed by atoms with E-state index in [1.165, 1.54) is 57.2 Å². The van der Waals surface area contributed by atoms with Gasteiger partial charge in [-0.15, -0.1) is 0 Å². The molecule has 0 radical (unpaired) electrons. The Morgan fingerprint density at radius 1 is 0.905 bits per heavy atom. The maximum atomic E-state index is 5.81. The van der Waals surface area contributed by atoms with Crippen LogP contribution in [-0.2, 0) is 6.54 Å². The van der Waals surface area contributed by atoms with Crippen molar-refractivity contribution in [3.63, 3.8) is 0 Å². The lowest BCUT2D eigenvalue weighted by atomic mass is 10.1. The van der Waals surface area contributed by atoms with E-state index in [0.717, 1.165) is 30.7 Å². The van der Waals surface area contributed by atoms with Gasteiger partial charge in [0.2, 0.25) is 0 Å². The Morgan fingerprint density at radius 3 is 2.33 bits per heavy atom. The van der Waals surface area contributed by atoms with Gasteiger partial charge in [0.1, 0.15) is 5.75 Å². The van der Waals surface area contributed by atoms with Crippen LogP contribution < -0.4 is 4.74 Å². The zero-order valence-electron chi connectivity index (χ0n) is 13.0. The second-order valence-corrected chi connectivity index (χ2v) is 6.73. The standard InChI is InChI=1S/C18H28BrNO/c19-12-4-1-2-7-15-21-18-10-8-17(9-11-18)16-20-13-5-3-6-14-20/h8-11H,1-7,12-16H2. The number of piperidine rings is 1. The lowest BCUT2D eigenvalue weighted by molar-refractivity contribution is 0.221. The monoisotopic (exact) mass is 353 g/mol. The Bertz CT molecular complexity index is 373. The van der Waals surface area contributed by atoms with Crippen LogP contribution >= 0.6 is 15.9 Å². The van der Waals surface area contributed by atoms with Gasteiger partial charge >= 0.3 is 0 Å². The molecule has 0 saturated carbocycles. The van der Waals surface area contributed by atoms with Crippen LogP contribution in [0.1, 0.15) is 50.5 Å². The van der Waals surface area contributed by atoms with Gasteiger partial charge in [0.25, 0.3) is 0 Å². The van der Waals surface area contributed by atoms with E-state index in [4.69, 9.17) is 4.74 Å². The summed E-state index contributed by atoms with van der Waals surface area (Å²) < 4.78 is 5.81. The van der Waals surface area contributed by atoms with Crippen molar-refractivity contribution in [3.8, 4) is 5.75 Å². The van der Waals surface area contributed by atoms with Crippen LogP contribution in [0.4, 0.5) is 0 Å². The third-order valence-corrected chi connectivity index (χ3v) is 4.64. The van der Waals surface area contributed by atoms with Crippen molar-refractivity contribution in [1.29, 1.82) is 0 Å². The zero-order valence-corrected chi connectivity index (χ0v) is 14.6. The molecule has 21 heavy (non-hydrogen) atoms. The number of alkyl halides is 1. The molecule has 118 valence electrons. The van der Waals surface area contributed by atoms with Gasteiger partial charge in [-0.05, 0) is 56.5 Å². The minimum atomic E-state index is 0.841. The van der Waals surface area contributed by atoms with Crippen LogP contribution in [0.3, 0.4) is 0 Å². The molecule has 3 heteroatoms. The molecule has 0 unspecified atom stereocenters. The number of hydrogen-bond donors (Lipinski definition) is 0. The predicted molar refractivity (Wildman–Crippen MR) is 93.3 cm³/mol. The summed E-state index contributed by atoms with van der Waals surface area (Å²) in [6.45, 7) is 4.44. The largest absolute Gasteiger partial charge is 0.494 e. The molecule has 1 aromatic rings. The van der Waals surface area contributed by atoms with Crippen LogP contribution in [0, 0.1) is 0 Å². The molecule has 0 aromatic heterocycles. The quantitative estimate of drug-likeness (QED) is 0.457. The van der Waals surface area contributed by atoms with Crippen molar-refractivity contribution >= 4 is 15.9 Å². The molecule has 0 atom stereocenters. The van der Waals surface area contributed by atoms with E-state index in [1.807, 2.05) is 0 Å². The lowest BCUT2D eigenvalue weighted by Gasteiger charge is -2.26. The molecule has 1 aromatic carbocycles. The van der Waals surface area contributed by atoms with Crippen molar-refractivity contribution in [3.05, 3.63) is 29.8 Å². The first-order chi connectivity index (χ1) is 10.4. The summed E-state index contributed by atoms with van der Waals surface area (Å²) in [7, 11) is 0. The maximum Gasteiger partial charge on any atom is 0.119 e. The summed E-state index contributed by atoms with van der Waals surface area (Å²) in [4.78, 5) is 2.56. The number of unbranched alkanes of at least 4 members (excludes halogenated alkanes) is 3. The van der Waals surface area contributed by atoms with E-state index in [0.29, 0.717) is 0 Å². The average Bonchev–Trinajstić information content (AvgIpc) is 2.53. The number of nitrogens with zero attached hydrogens (tertiary/aromatic N) is 1. The zero-order chi connectivity index (χ0) is 14.8. The van der Waals surface area contributed by atoms with Crippen LogP contribution in [0.15, 0.2) is 24.3 Å². The van der Waals surface area contributed by atoms with Crippen molar-refractivity contribution in [1.82, 2.24) is 4.90 Å². The predicted octanol–water partition coefficient (Wildman–Crippen LogP) is 5.01. The fourth-order valence-electron chi connectivity index (χ4n) is 2.81. The average molecular weight is 354 g/mol. The number of rotatable bonds is 9. The van der Waals surface area contributed by atoms with E-state index in [2.05, 4.69) is 45.1 Å². The Morgan fingerprint density at radius 2 is 1.62 bits per heavy atom. The molecule has 0 bridgehead atoms. The van der Waals surface area contributed by atoms with Crippen molar-refractivity contribution in [2.24, 2.45) is 0 Å². The van der Waals surface area contributed by atoms with Crippen LogP contribution in [0.5, 0.6) is 5.75 Å². The van der Waals surface area contributed by atoms with Gasteiger partial charge in [-0.1, -0.05) is 47.3 Å². The number of benzene rings is 1. The van der Waals surface area contributed by atoms with Gasteiger partial charge in [0.05, 0.1) is 6.61 Å². The molecule has 1 aliphatic heterocycles. The van der Waals surface area contributed by atoms with E-state index < -0.39 is 0 Å². The van der Waals surface area contributed by atoms with Crippen molar-refractivity contribution in [2.45, 2.75) is 51.5 Å². The summed E-state index contributed by atoms with van der Waals surface area (Å²) in [6, 6.07) is 8.68. The summed E-state index contributed by atoms with van der Waals surface area (Å²) in [6.07, 6.45) is 9.10. The minimum Gasteiger partial charge on any atom is -0.494 e. The number of likely N-dealkylation sites (tertiary alicyclic amines) is 1. The highest BCUT2D eigenvalue weighted by molar-refractivity contribution is 9.09. The maximum absolute atomic E-state index is 5.81. The van der Waals surface area contributed by atoms with Crippen LogP contribution in [0.2, 0.25) is 0 Å². The minimum absolute atomic E-state index is 0.841.